The molecule has 1 unspecified atom stereocenters. The number of fused-ring (bicyclic) bond motifs is 1. The lowest BCUT2D eigenvalue weighted by Crippen LogP contribution is -2.56. The van der Waals surface area contributed by atoms with Crippen LogP contribution in [0.3, 0.4) is 0 Å². The predicted octanol–water partition coefficient (Wildman–Crippen LogP) is 1.83. The Balaban J connectivity index is 2.05. The Morgan fingerprint density at radius 2 is 2.62 bits per heavy atom. The number of hydrogen-bond donors (Lipinski definition) is 0. The van der Waals surface area contributed by atoms with Gasteiger partial charge in [0.05, 0.1) is 11.3 Å². The van der Waals surface area contributed by atoms with E-state index in [1.165, 1.54) is 0 Å². The lowest BCUT2D eigenvalue weighted by atomic mass is 9.98. The quantitative estimate of drug-likeness (QED) is 0.398. The number of thioether (sulfide) groups is 1. The highest BCUT2D eigenvalue weighted by molar-refractivity contribution is 8.00. The van der Waals surface area contributed by atoms with Crippen LogP contribution in [-0.4, -0.2) is 27.8 Å². The van der Waals surface area contributed by atoms with E-state index in [-0.39, 0.29) is 11.8 Å². The van der Waals surface area contributed by atoms with Crippen molar-refractivity contribution < 1.29 is 4.79 Å². The first-order chi connectivity index (χ1) is 6.34. The fraction of sp³-hybridized carbons (Fsp3) is 0.444. The van der Waals surface area contributed by atoms with E-state index in [1.54, 1.807) is 16.7 Å². The van der Waals surface area contributed by atoms with E-state index in [1.807, 2.05) is 24.4 Å². The van der Waals surface area contributed by atoms with Gasteiger partial charge in [-0.3, -0.25) is 4.79 Å². The molecular formula is C9H10ClNOS. The highest BCUT2D eigenvalue weighted by atomic mass is 35.5. The Labute approximate surface area is 86.6 Å². The van der Waals surface area contributed by atoms with Crippen LogP contribution in [0.5, 0.6) is 0 Å². The molecule has 13 heavy (non-hydrogen) atoms. The molecule has 4 heteroatoms. The molecule has 2 aliphatic rings. The number of amides is 1. The van der Waals surface area contributed by atoms with Crippen molar-refractivity contribution in [2.24, 2.45) is 5.92 Å². The van der Waals surface area contributed by atoms with Crippen LogP contribution < -0.4 is 0 Å². The van der Waals surface area contributed by atoms with Gasteiger partial charge in [0.1, 0.15) is 0 Å². The van der Waals surface area contributed by atoms with E-state index in [0.29, 0.717) is 11.3 Å². The summed E-state index contributed by atoms with van der Waals surface area (Å²) < 4.78 is 0. The van der Waals surface area contributed by atoms with Crippen molar-refractivity contribution in [1.29, 1.82) is 0 Å². The number of rotatable bonds is 2. The van der Waals surface area contributed by atoms with Gasteiger partial charge in [-0.2, -0.15) is 0 Å². The fourth-order valence-electron chi connectivity index (χ4n) is 1.54. The maximum Gasteiger partial charge on any atom is 0.237 e. The summed E-state index contributed by atoms with van der Waals surface area (Å²) in [5, 5.41) is 0.317. The van der Waals surface area contributed by atoms with E-state index in [2.05, 4.69) is 0 Å². The second kappa shape index (κ2) is 3.76. The summed E-state index contributed by atoms with van der Waals surface area (Å²) in [5.41, 5.74) is 0. The molecule has 2 aliphatic heterocycles. The fourth-order valence-corrected chi connectivity index (χ4v) is 2.79. The highest BCUT2D eigenvalue weighted by Gasteiger charge is 2.45. The number of β-lactam (4-membered cyclic amide) rings is 1. The third-order valence-corrected chi connectivity index (χ3v) is 3.61. The van der Waals surface area contributed by atoms with Crippen LogP contribution in [0.25, 0.3) is 0 Å². The minimum atomic E-state index is 0.0497. The number of carbonyl (C=O) groups excluding carboxylic acids is 1. The molecule has 0 aliphatic carbocycles. The Kier molecular flexibility index (Phi) is 2.65. The summed E-state index contributed by atoms with van der Waals surface area (Å²) in [5.74, 6) is 1.72. The Morgan fingerprint density at radius 3 is 3.38 bits per heavy atom. The standard InChI is InChI=1S/C9H10ClNOS/c10-4-1-3-7-8(12)11-5-2-6-13-9(7)11/h1-3,5,7,9H,4,6H2/t7?,9-/m0/s1. The zero-order chi connectivity index (χ0) is 9.26. The molecule has 2 nitrogen and oxygen atoms in total. The summed E-state index contributed by atoms with van der Waals surface area (Å²) in [6, 6.07) is 0. The van der Waals surface area contributed by atoms with Crippen molar-refractivity contribution >= 4 is 29.3 Å². The van der Waals surface area contributed by atoms with Crippen molar-refractivity contribution in [1.82, 2.24) is 4.90 Å². The summed E-state index contributed by atoms with van der Waals surface area (Å²) in [4.78, 5) is 13.3. The van der Waals surface area contributed by atoms with Crippen LogP contribution in [0.1, 0.15) is 0 Å². The number of halogens is 1. The molecule has 0 aromatic carbocycles. The summed E-state index contributed by atoms with van der Waals surface area (Å²) in [6.45, 7) is 0. The Hall–Kier alpha value is -0.410. The minimum absolute atomic E-state index is 0.0497. The maximum atomic E-state index is 11.5. The highest BCUT2D eigenvalue weighted by Crippen LogP contribution is 2.38. The third-order valence-electron chi connectivity index (χ3n) is 2.18. The van der Waals surface area contributed by atoms with Gasteiger partial charge >= 0.3 is 0 Å². The molecule has 2 heterocycles. The van der Waals surface area contributed by atoms with Gasteiger partial charge in [0.15, 0.2) is 0 Å². The average molecular weight is 216 g/mol. The number of alkyl halides is 1. The van der Waals surface area contributed by atoms with Gasteiger partial charge in [-0.1, -0.05) is 18.2 Å². The summed E-state index contributed by atoms with van der Waals surface area (Å²) >= 11 is 7.32. The number of nitrogens with zero attached hydrogens (tertiary/aromatic N) is 1. The predicted molar refractivity (Wildman–Crippen MR) is 55.6 cm³/mol. The largest absolute Gasteiger partial charge is 0.305 e. The maximum absolute atomic E-state index is 11.5. The van der Waals surface area contributed by atoms with Gasteiger partial charge < -0.3 is 4.90 Å². The molecule has 0 saturated carbocycles. The molecule has 0 radical (unpaired) electrons. The van der Waals surface area contributed by atoms with Crippen LogP contribution >= 0.6 is 23.4 Å². The van der Waals surface area contributed by atoms with Crippen LogP contribution in [0.15, 0.2) is 24.4 Å². The van der Waals surface area contributed by atoms with Crippen LogP contribution in [0.4, 0.5) is 0 Å². The molecule has 0 N–H and O–H groups in total. The zero-order valence-electron chi connectivity index (χ0n) is 7.02. The topological polar surface area (TPSA) is 20.3 Å². The van der Waals surface area contributed by atoms with Gasteiger partial charge in [-0.05, 0) is 0 Å². The number of allylic oxidation sites excluding steroid dienone is 1. The number of hydrogen-bond acceptors (Lipinski definition) is 2. The van der Waals surface area contributed by atoms with Crippen LogP contribution in [0.2, 0.25) is 0 Å². The van der Waals surface area contributed by atoms with E-state index in [9.17, 15) is 4.79 Å². The molecule has 0 spiro atoms. The Morgan fingerprint density at radius 1 is 1.77 bits per heavy atom. The van der Waals surface area contributed by atoms with E-state index in [4.69, 9.17) is 11.6 Å². The normalized spacial score (nSPS) is 32.1. The zero-order valence-corrected chi connectivity index (χ0v) is 8.59. The molecular weight excluding hydrogens is 206 g/mol. The van der Waals surface area contributed by atoms with Crippen molar-refractivity contribution in [2.45, 2.75) is 5.37 Å². The first-order valence-corrected chi connectivity index (χ1v) is 5.76. The lowest BCUT2D eigenvalue weighted by Gasteiger charge is -2.45. The molecule has 2 atom stereocenters. The minimum Gasteiger partial charge on any atom is -0.305 e. The second-order valence-corrected chi connectivity index (χ2v) is 4.42. The van der Waals surface area contributed by atoms with Gasteiger partial charge in [0.25, 0.3) is 0 Å². The summed E-state index contributed by atoms with van der Waals surface area (Å²) in [7, 11) is 0. The first-order valence-electron chi connectivity index (χ1n) is 4.17. The monoisotopic (exact) mass is 215 g/mol. The van der Waals surface area contributed by atoms with Crippen LogP contribution in [-0.2, 0) is 4.79 Å². The van der Waals surface area contributed by atoms with Crippen molar-refractivity contribution in [3.05, 3.63) is 24.4 Å². The molecule has 1 amide bonds. The second-order valence-electron chi connectivity index (χ2n) is 2.96. The molecule has 0 bridgehead atoms. The summed E-state index contributed by atoms with van der Waals surface area (Å²) in [6.07, 6.45) is 7.66. The van der Waals surface area contributed by atoms with E-state index in [0.717, 1.165) is 5.75 Å². The number of carbonyl (C=O) groups is 1. The molecule has 70 valence electrons. The molecule has 0 aromatic rings. The van der Waals surface area contributed by atoms with Gasteiger partial charge in [0.2, 0.25) is 5.91 Å². The molecule has 1 fully saturated rings. The van der Waals surface area contributed by atoms with Gasteiger partial charge in [-0.25, -0.2) is 0 Å². The van der Waals surface area contributed by atoms with Crippen molar-refractivity contribution in [3.63, 3.8) is 0 Å². The van der Waals surface area contributed by atoms with E-state index < -0.39 is 0 Å². The van der Waals surface area contributed by atoms with Gasteiger partial charge in [0, 0.05) is 17.8 Å². The third kappa shape index (κ3) is 1.51. The lowest BCUT2D eigenvalue weighted by molar-refractivity contribution is -0.142. The molecule has 2 rings (SSSR count). The van der Waals surface area contributed by atoms with Crippen LogP contribution in [0, 0.1) is 5.92 Å². The van der Waals surface area contributed by atoms with Crippen molar-refractivity contribution in [3.8, 4) is 0 Å². The van der Waals surface area contributed by atoms with Crippen molar-refractivity contribution in [2.75, 3.05) is 11.6 Å². The molecule has 0 aromatic heterocycles. The SMILES string of the molecule is O=C1C(C=CCCl)[C@@H]2SCC=CN12. The first kappa shape index (κ1) is 9.16. The smallest absolute Gasteiger partial charge is 0.237 e. The Bertz CT molecular complexity index is 277. The molecule has 1 saturated heterocycles. The average Bonchev–Trinajstić information content (AvgIpc) is 2.18. The van der Waals surface area contributed by atoms with E-state index >= 15 is 0 Å². The van der Waals surface area contributed by atoms with Gasteiger partial charge in [-0.15, -0.1) is 23.4 Å².